The quantitative estimate of drug-likeness (QED) is 0.639. The van der Waals surface area contributed by atoms with Gasteiger partial charge in [-0.1, -0.05) is 6.07 Å². The summed E-state index contributed by atoms with van der Waals surface area (Å²) in [5.74, 6) is -2.59. The van der Waals surface area contributed by atoms with Crippen molar-refractivity contribution in [3.05, 3.63) is 30.1 Å². The molecule has 5 nitrogen and oxygen atoms in total. The first kappa shape index (κ1) is 18.5. The first-order chi connectivity index (χ1) is 10.0. The molecule has 1 rings (SSSR count). The van der Waals surface area contributed by atoms with Crippen LogP contribution < -0.4 is 0 Å². The van der Waals surface area contributed by atoms with Crippen LogP contribution in [0.5, 0.6) is 0 Å². The first-order valence-electron chi connectivity index (χ1n) is 7.02. The molecule has 0 amide bonds. The van der Waals surface area contributed by atoms with Crippen molar-refractivity contribution in [2.24, 2.45) is 5.92 Å². The van der Waals surface area contributed by atoms with Gasteiger partial charge in [0.25, 0.3) is 0 Å². The largest absolute Gasteiger partial charge is 0.481 e. The number of hydrogen-bond acceptors (Lipinski definition) is 5. The number of nitrogens with zero attached hydrogens (tertiary/aromatic N) is 1. The lowest BCUT2D eigenvalue weighted by atomic mass is 9.94. The summed E-state index contributed by atoms with van der Waals surface area (Å²) in [6, 6.07) is 5.56. The topological polar surface area (TPSA) is 76.5 Å². The number of rotatable bonds is 6. The zero-order chi connectivity index (χ0) is 17.0. The first-order valence-corrected chi connectivity index (χ1v) is 8.01. The maximum Gasteiger partial charge on any atom is 0.322 e. The number of pyridine rings is 1. The molecular weight excluding hydrogens is 302 g/mol. The third kappa shape index (κ3) is 5.67. The van der Waals surface area contributed by atoms with Crippen LogP contribution in [0.15, 0.2) is 24.4 Å². The van der Waals surface area contributed by atoms with Crippen LogP contribution in [0.4, 0.5) is 0 Å². The van der Waals surface area contributed by atoms with Crippen molar-refractivity contribution in [2.75, 3.05) is 0 Å². The van der Waals surface area contributed by atoms with Gasteiger partial charge in [0.1, 0.15) is 5.60 Å². The number of carboxylic acid groups (broad SMARTS) is 1. The fraction of sp³-hybridized carbons (Fsp3) is 0.562. The molecule has 0 aliphatic rings. The van der Waals surface area contributed by atoms with E-state index in [-0.39, 0.29) is 0 Å². The highest BCUT2D eigenvalue weighted by Crippen LogP contribution is 2.36. The third-order valence-electron chi connectivity index (χ3n) is 2.90. The van der Waals surface area contributed by atoms with Gasteiger partial charge in [0.05, 0.1) is 5.69 Å². The Labute approximate surface area is 135 Å². The van der Waals surface area contributed by atoms with Crippen LogP contribution in [-0.2, 0) is 20.1 Å². The molecule has 0 radical (unpaired) electrons. The number of hydrogen-bond donors (Lipinski definition) is 1. The zero-order valence-corrected chi connectivity index (χ0v) is 14.4. The average molecular weight is 325 g/mol. The monoisotopic (exact) mass is 325 g/mol. The van der Waals surface area contributed by atoms with Crippen molar-refractivity contribution in [1.29, 1.82) is 0 Å². The number of thioether (sulfide) groups is 1. The van der Waals surface area contributed by atoms with Gasteiger partial charge in [-0.25, -0.2) is 0 Å². The third-order valence-corrected chi connectivity index (χ3v) is 4.32. The molecule has 1 atom stereocenters. The summed E-state index contributed by atoms with van der Waals surface area (Å²) in [4.78, 5) is 28.0. The molecule has 1 unspecified atom stereocenters. The maximum absolute atomic E-state index is 12.2. The van der Waals surface area contributed by atoms with Crippen LogP contribution in [0, 0.1) is 5.92 Å². The van der Waals surface area contributed by atoms with E-state index >= 15 is 0 Å². The molecule has 122 valence electrons. The number of esters is 1. The van der Waals surface area contributed by atoms with Gasteiger partial charge >= 0.3 is 11.9 Å². The Hall–Kier alpha value is -1.56. The molecule has 0 spiro atoms. The smallest absolute Gasteiger partial charge is 0.322 e. The van der Waals surface area contributed by atoms with Gasteiger partial charge in [0, 0.05) is 16.7 Å². The summed E-state index contributed by atoms with van der Waals surface area (Å²) in [6.45, 7) is 8.64. The molecule has 0 aliphatic carbocycles. The highest BCUT2D eigenvalue weighted by Gasteiger charge is 2.44. The second-order valence-electron chi connectivity index (χ2n) is 6.52. The number of ether oxygens (including phenoxy) is 1. The van der Waals surface area contributed by atoms with Crippen LogP contribution in [0.25, 0.3) is 0 Å². The molecular formula is C16H23NO4S. The second kappa shape index (κ2) is 7.13. The van der Waals surface area contributed by atoms with Crippen molar-refractivity contribution < 1.29 is 19.4 Å². The van der Waals surface area contributed by atoms with E-state index < -0.39 is 28.2 Å². The Morgan fingerprint density at radius 2 is 1.91 bits per heavy atom. The molecule has 0 fully saturated rings. The van der Waals surface area contributed by atoms with Gasteiger partial charge in [-0.05, 0) is 46.8 Å². The number of carbonyl (C=O) groups excluding carboxylic acids is 1. The van der Waals surface area contributed by atoms with E-state index in [2.05, 4.69) is 4.98 Å². The minimum absolute atomic E-state index is 0.528. The van der Waals surface area contributed by atoms with E-state index in [1.165, 1.54) is 11.8 Å². The molecule has 1 aromatic heterocycles. The van der Waals surface area contributed by atoms with Crippen molar-refractivity contribution >= 4 is 23.7 Å². The molecule has 0 bridgehead atoms. The summed E-state index contributed by atoms with van der Waals surface area (Å²) >= 11 is 1.38. The lowest BCUT2D eigenvalue weighted by Crippen LogP contribution is -2.43. The minimum atomic E-state index is -1.24. The molecule has 0 aliphatic heterocycles. The molecule has 22 heavy (non-hydrogen) atoms. The van der Waals surface area contributed by atoms with Gasteiger partial charge in [-0.2, -0.15) is 0 Å². The van der Waals surface area contributed by atoms with Crippen molar-refractivity contribution in [1.82, 2.24) is 4.98 Å². The summed E-state index contributed by atoms with van der Waals surface area (Å²) in [7, 11) is 0. The highest BCUT2D eigenvalue weighted by atomic mass is 32.2. The lowest BCUT2D eigenvalue weighted by molar-refractivity contribution is -0.167. The van der Waals surface area contributed by atoms with Crippen LogP contribution >= 0.6 is 11.8 Å². The molecule has 0 saturated carbocycles. The van der Waals surface area contributed by atoms with Gasteiger partial charge in [0.2, 0.25) is 0 Å². The summed E-state index contributed by atoms with van der Waals surface area (Å²) in [6.07, 6.45) is 1.69. The summed E-state index contributed by atoms with van der Waals surface area (Å²) in [5, 5.41) is 9.44. The van der Waals surface area contributed by atoms with E-state index in [1.807, 2.05) is 18.2 Å². The van der Waals surface area contributed by atoms with E-state index in [1.54, 1.807) is 40.8 Å². The highest BCUT2D eigenvalue weighted by molar-refractivity contribution is 7.99. The minimum Gasteiger partial charge on any atom is -0.481 e. The van der Waals surface area contributed by atoms with Crippen molar-refractivity contribution in [2.45, 2.75) is 50.7 Å². The average Bonchev–Trinajstić information content (AvgIpc) is 2.34. The van der Waals surface area contributed by atoms with Gasteiger partial charge in [-0.15, -0.1) is 11.8 Å². The molecule has 0 aromatic carbocycles. The number of carboxylic acids is 1. The molecule has 1 aromatic rings. The van der Waals surface area contributed by atoms with Crippen molar-refractivity contribution in [3.8, 4) is 0 Å². The predicted molar refractivity (Wildman–Crippen MR) is 86.6 cm³/mol. The van der Waals surface area contributed by atoms with E-state index in [0.29, 0.717) is 5.75 Å². The summed E-state index contributed by atoms with van der Waals surface area (Å²) in [5.41, 5.74) is 0.126. The number of aromatic nitrogens is 1. The number of aliphatic carboxylic acids is 1. The van der Waals surface area contributed by atoms with Crippen molar-refractivity contribution in [3.63, 3.8) is 0 Å². The molecule has 1 heterocycles. The SMILES string of the molecule is CC(C)(C)OC(=O)C(C(=O)O)C(C)(C)SCc1ccccn1. The van der Waals surface area contributed by atoms with Gasteiger partial charge in [0.15, 0.2) is 5.92 Å². The molecule has 6 heteroatoms. The van der Waals surface area contributed by atoms with Gasteiger partial charge < -0.3 is 9.84 Å². The number of carbonyl (C=O) groups is 2. The standard InChI is InChI=1S/C16H23NO4S/c1-15(2,3)21-14(20)12(13(18)19)16(4,5)22-10-11-8-6-7-9-17-11/h6-9,12H,10H2,1-5H3,(H,18,19). The van der Waals surface area contributed by atoms with Crippen LogP contribution in [0.2, 0.25) is 0 Å². The van der Waals surface area contributed by atoms with E-state index in [4.69, 9.17) is 4.74 Å². The van der Waals surface area contributed by atoms with Crippen LogP contribution in [-0.4, -0.2) is 32.4 Å². The van der Waals surface area contributed by atoms with Crippen LogP contribution in [0.3, 0.4) is 0 Å². The van der Waals surface area contributed by atoms with E-state index in [0.717, 1.165) is 5.69 Å². The second-order valence-corrected chi connectivity index (χ2v) is 8.15. The molecule has 0 saturated heterocycles. The Bertz CT molecular complexity index is 523. The fourth-order valence-electron chi connectivity index (χ4n) is 1.87. The van der Waals surface area contributed by atoms with Gasteiger partial charge in [-0.3, -0.25) is 14.6 Å². The Morgan fingerprint density at radius 3 is 2.36 bits per heavy atom. The van der Waals surface area contributed by atoms with E-state index in [9.17, 15) is 14.7 Å². The predicted octanol–water partition coefficient (Wildman–Crippen LogP) is 3.14. The zero-order valence-electron chi connectivity index (χ0n) is 13.6. The maximum atomic E-state index is 12.2. The normalized spacial score (nSPS) is 13.5. The Morgan fingerprint density at radius 1 is 1.27 bits per heavy atom. The fourth-order valence-corrected chi connectivity index (χ4v) is 2.92. The molecule has 1 N–H and O–H groups in total. The lowest BCUT2D eigenvalue weighted by Gasteiger charge is -2.31. The van der Waals surface area contributed by atoms with Crippen LogP contribution in [0.1, 0.15) is 40.3 Å². The Kier molecular flexibility index (Phi) is 6.00. The Balaban J connectivity index is 2.84. The summed E-state index contributed by atoms with van der Waals surface area (Å²) < 4.78 is 4.44.